The first-order valence-corrected chi connectivity index (χ1v) is 8.44. The van der Waals surface area contributed by atoms with Gasteiger partial charge in [-0.2, -0.15) is 16.1 Å². The molecule has 0 radical (unpaired) electrons. The molecule has 1 aromatic rings. The van der Waals surface area contributed by atoms with Gasteiger partial charge in [0.05, 0.1) is 15.6 Å². The van der Waals surface area contributed by atoms with Gasteiger partial charge in [-0.25, -0.2) is 8.42 Å². The lowest BCUT2D eigenvalue weighted by Gasteiger charge is -2.29. The predicted molar refractivity (Wildman–Crippen MR) is 76.5 cm³/mol. The van der Waals surface area contributed by atoms with Crippen LogP contribution in [0, 0.1) is 0 Å². The van der Waals surface area contributed by atoms with Crippen LogP contribution in [-0.4, -0.2) is 36.8 Å². The number of anilines is 1. The standard InChI is InChI=1S/C11H15ClN2O2S2/c1-8-7-14(4-5-17-8)18(15,16)9-2-3-10(12)11(13)6-9/h2-3,6,8H,4-5,7,13H2,1H3. The monoisotopic (exact) mass is 306 g/mol. The van der Waals surface area contributed by atoms with E-state index in [0.29, 0.717) is 23.4 Å². The van der Waals surface area contributed by atoms with E-state index in [-0.39, 0.29) is 10.6 Å². The fourth-order valence-corrected chi connectivity index (χ4v) is 4.74. The summed E-state index contributed by atoms with van der Waals surface area (Å²) in [5, 5.41) is 0.690. The number of nitrogens with two attached hydrogens (primary N) is 1. The van der Waals surface area contributed by atoms with Gasteiger partial charge in [-0.15, -0.1) is 0 Å². The average Bonchev–Trinajstić information content (AvgIpc) is 2.32. The quantitative estimate of drug-likeness (QED) is 0.849. The fraction of sp³-hybridized carbons (Fsp3) is 0.455. The zero-order chi connectivity index (χ0) is 13.3. The van der Waals surface area contributed by atoms with E-state index < -0.39 is 10.0 Å². The zero-order valence-electron chi connectivity index (χ0n) is 9.97. The zero-order valence-corrected chi connectivity index (χ0v) is 12.4. The second kappa shape index (κ2) is 5.28. The van der Waals surface area contributed by atoms with Crippen molar-refractivity contribution in [3.63, 3.8) is 0 Å². The number of sulfonamides is 1. The van der Waals surface area contributed by atoms with E-state index in [1.54, 1.807) is 11.8 Å². The van der Waals surface area contributed by atoms with Gasteiger partial charge in [0.1, 0.15) is 0 Å². The summed E-state index contributed by atoms with van der Waals surface area (Å²) in [6.07, 6.45) is 0. The van der Waals surface area contributed by atoms with Gasteiger partial charge in [0.15, 0.2) is 0 Å². The molecule has 2 rings (SSSR count). The van der Waals surface area contributed by atoms with E-state index in [1.807, 2.05) is 6.92 Å². The molecule has 1 atom stereocenters. The summed E-state index contributed by atoms with van der Waals surface area (Å²) in [6, 6.07) is 4.44. The van der Waals surface area contributed by atoms with Crippen LogP contribution in [-0.2, 0) is 10.0 Å². The second-order valence-corrected chi connectivity index (χ2v) is 8.12. The highest BCUT2D eigenvalue weighted by Gasteiger charge is 2.29. The molecule has 0 aliphatic carbocycles. The Bertz CT molecular complexity index is 548. The Morgan fingerprint density at radius 1 is 1.50 bits per heavy atom. The van der Waals surface area contributed by atoms with Gasteiger partial charge in [0.2, 0.25) is 10.0 Å². The fourth-order valence-electron chi connectivity index (χ4n) is 1.84. The van der Waals surface area contributed by atoms with Crippen LogP contribution in [0.15, 0.2) is 23.1 Å². The molecule has 0 aromatic heterocycles. The first-order chi connectivity index (χ1) is 8.41. The van der Waals surface area contributed by atoms with Gasteiger partial charge in [0.25, 0.3) is 0 Å². The molecule has 1 heterocycles. The Hall–Kier alpha value is -0.430. The van der Waals surface area contributed by atoms with Crippen molar-refractivity contribution >= 4 is 39.1 Å². The molecule has 2 N–H and O–H groups in total. The van der Waals surface area contributed by atoms with Crippen molar-refractivity contribution in [1.82, 2.24) is 4.31 Å². The van der Waals surface area contributed by atoms with E-state index in [4.69, 9.17) is 17.3 Å². The van der Waals surface area contributed by atoms with Crippen molar-refractivity contribution in [3.05, 3.63) is 23.2 Å². The lowest BCUT2D eigenvalue weighted by atomic mass is 10.3. The third-order valence-electron chi connectivity index (χ3n) is 2.81. The summed E-state index contributed by atoms with van der Waals surface area (Å²) in [6.45, 7) is 3.11. The number of hydrogen-bond acceptors (Lipinski definition) is 4. The van der Waals surface area contributed by atoms with E-state index >= 15 is 0 Å². The Labute approximate surface area is 117 Å². The minimum Gasteiger partial charge on any atom is -0.397 e. The van der Waals surface area contributed by atoms with Crippen molar-refractivity contribution in [3.8, 4) is 0 Å². The van der Waals surface area contributed by atoms with Crippen molar-refractivity contribution in [2.24, 2.45) is 0 Å². The van der Waals surface area contributed by atoms with Crippen molar-refractivity contribution in [2.45, 2.75) is 17.1 Å². The predicted octanol–water partition coefficient (Wildman–Crippen LogP) is 2.05. The van der Waals surface area contributed by atoms with E-state index in [9.17, 15) is 8.42 Å². The van der Waals surface area contributed by atoms with Crippen LogP contribution in [0.3, 0.4) is 0 Å². The van der Waals surface area contributed by atoms with E-state index in [1.165, 1.54) is 22.5 Å². The van der Waals surface area contributed by atoms with Crippen LogP contribution in [0.5, 0.6) is 0 Å². The minimum absolute atomic E-state index is 0.212. The highest BCUT2D eigenvalue weighted by molar-refractivity contribution is 8.00. The average molecular weight is 307 g/mol. The molecule has 1 fully saturated rings. The third kappa shape index (κ3) is 2.77. The number of benzene rings is 1. The molecule has 7 heteroatoms. The number of halogens is 1. The molecule has 1 unspecified atom stereocenters. The Morgan fingerprint density at radius 2 is 2.22 bits per heavy atom. The molecule has 0 amide bonds. The SMILES string of the molecule is CC1CN(S(=O)(=O)c2ccc(Cl)c(N)c2)CCS1. The summed E-state index contributed by atoms with van der Waals surface area (Å²) in [5.41, 5.74) is 5.94. The third-order valence-corrected chi connectivity index (χ3v) is 6.15. The molecule has 18 heavy (non-hydrogen) atoms. The summed E-state index contributed by atoms with van der Waals surface area (Å²) in [5.74, 6) is 0.823. The molecule has 1 aliphatic rings. The Balaban J connectivity index is 2.32. The molecule has 0 bridgehead atoms. The lowest BCUT2D eigenvalue weighted by Crippen LogP contribution is -2.40. The first-order valence-electron chi connectivity index (χ1n) is 5.58. The number of hydrogen-bond donors (Lipinski definition) is 1. The summed E-state index contributed by atoms with van der Waals surface area (Å²) in [4.78, 5) is 0.212. The highest BCUT2D eigenvalue weighted by atomic mass is 35.5. The van der Waals surface area contributed by atoms with Crippen molar-refractivity contribution in [1.29, 1.82) is 0 Å². The van der Waals surface area contributed by atoms with Crippen molar-refractivity contribution in [2.75, 3.05) is 24.6 Å². The maximum atomic E-state index is 12.4. The number of nitrogen functional groups attached to an aromatic ring is 1. The summed E-state index contributed by atoms with van der Waals surface area (Å²) < 4.78 is 26.3. The van der Waals surface area contributed by atoms with E-state index in [2.05, 4.69) is 0 Å². The van der Waals surface area contributed by atoms with Crippen LogP contribution in [0.4, 0.5) is 5.69 Å². The number of rotatable bonds is 2. The van der Waals surface area contributed by atoms with Gasteiger partial charge in [0, 0.05) is 24.1 Å². The van der Waals surface area contributed by atoms with Gasteiger partial charge in [-0.3, -0.25) is 0 Å². The number of nitrogens with zero attached hydrogens (tertiary/aromatic N) is 1. The maximum Gasteiger partial charge on any atom is 0.243 e. The summed E-state index contributed by atoms with van der Waals surface area (Å²) in [7, 11) is -3.45. The molecule has 4 nitrogen and oxygen atoms in total. The molecule has 1 aromatic carbocycles. The van der Waals surface area contributed by atoms with Crippen molar-refractivity contribution < 1.29 is 8.42 Å². The molecule has 1 aliphatic heterocycles. The van der Waals surface area contributed by atoms with E-state index in [0.717, 1.165) is 5.75 Å². The molecular formula is C11H15ClN2O2S2. The van der Waals surface area contributed by atoms with Crippen LogP contribution in [0.25, 0.3) is 0 Å². The van der Waals surface area contributed by atoms with Crippen LogP contribution in [0.1, 0.15) is 6.92 Å². The Kier molecular flexibility index (Phi) is 4.11. The minimum atomic E-state index is -3.45. The maximum absolute atomic E-state index is 12.4. The highest BCUT2D eigenvalue weighted by Crippen LogP contribution is 2.27. The van der Waals surface area contributed by atoms with Gasteiger partial charge < -0.3 is 5.73 Å². The topological polar surface area (TPSA) is 63.4 Å². The van der Waals surface area contributed by atoms with Crippen LogP contribution >= 0.6 is 23.4 Å². The van der Waals surface area contributed by atoms with Gasteiger partial charge >= 0.3 is 0 Å². The summed E-state index contributed by atoms with van der Waals surface area (Å²) >= 11 is 7.59. The Morgan fingerprint density at radius 3 is 2.83 bits per heavy atom. The normalized spacial score (nSPS) is 22.0. The first kappa shape index (κ1) is 14.0. The molecule has 1 saturated heterocycles. The molecule has 0 saturated carbocycles. The van der Waals surface area contributed by atoms with Crippen LogP contribution < -0.4 is 5.73 Å². The molecule has 100 valence electrons. The second-order valence-electron chi connectivity index (χ2n) is 4.23. The molecule has 0 spiro atoms. The van der Waals surface area contributed by atoms with Gasteiger partial charge in [-0.1, -0.05) is 18.5 Å². The largest absolute Gasteiger partial charge is 0.397 e. The smallest absolute Gasteiger partial charge is 0.243 e. The lowest BCUT2D eigenvalue weighted by molar-refractivity contribution is 0.424. The number of thioether (sulfide) groups is 1. The van der Waals surface area contributed by atoms with Crippen LogP contribution in [0.2, 0.25) is 5.02 Å². The van der Waals surface area contributed by atoms with Gasteiger partial charge in [-0.05, 0) is 18.2 Å². The molecular weight excluding hydrogens is 292 g/mol.